The van der Waals surface area contributed by atoms with E-state index in [0.29, 0.717) is 30.9 Å². The number of nitrogens with zero attached hydrogens (tertiary/aromatic N) is 3. The number of rotatable bonds is 5. The molecule has 0 aliphatic carbocycles. The summed E-state index contributed by atoms with van der Waals surface area (Å²) in [6, 6.07) is 16.3. The average molecular weight is 418 g/mol. The molecule has 2 heterocycles. The fourth-order valence-corrected chi connectivity index (χ4v) is 4.01. The van der Waals surface area contributed by atoms with E-state index in [4.69, 9.17) is 4.74 Å². The minimum atomic E-state index is -0.504. The number of aryl methyl sites for hydroxylation is 2. The van der Waals surface area contributed by atoms with Crippen molar-refractivity contribution in [2.75, 3.05) is 13.2 Å². The van der Waals surface area contributed by atoms with Gasteiger partial charge in [0.1, 0.15) is 5.56 Å². The molecule has 0 saturated carbocycles. The molecule has 0 radical (unpaired) electrons. The van der Waals surface area contributed by atoms with E-state index < -0.39 is 5.97 Å². The zero-order valence-corrected chi connectivity index (χ0v) is 18.2. The third-order valence-corrected chi connectivity index (χ3v) is 5.85. The van der Waals surface area contributed by atoms with Crippen molar-refractivity contribution in [1.29, 1.82) is 0 Å². The molecular formula is C25H27N3O3. The second-order valence-corrected chi connectivity index (χ2v) is 8.10. The predicted octanol–water partition coefficient (Wildman–Crippen LogP) is 3.60. The summed E-state index contributed by atoms with van der Waals surface area (Å²) < 4.78 is 7.19. The van der Waals surface area contributed by atoms with Gasteiger partial charge in [-0.1, -0.05) is 54.1 Å². The van der Waals surface area contributed by atoms with Gasteiger partial charge in [-0.25, -0.2) is 4.79 Å². The molecule has 0 fully saturated rings. The Morgan fingerprint density at radius 2 is 1.71 bits per heavy atom. The quantitative estimate of drug-likeness (QED) is 0.595. The zero-order valence-electron chi connectivity index (χ0n) is 18.2. The first-order valence-electron chi connectivity index (χ1n) is 10.5. The Kier molecular flexibility index (Phi) is 5.89. The number of fused-ring (bicyclic) bond motifs is 1. The number of carbonyl (C=O) groups excluding carboxylic acids is 2. The summed E-state index contributed by atoms with van der Waals surface area (Å²) in [5.41, 5.74) is 6.51. The van der Waals surface area contributed by atoms with Gasteiger partial charge in [0, 0.05) is 13.1 Å². The lowest BCUT2D eigenvalue weighted by Crippen LogP contribution is -2.38. The molecule has 0 bridgehead atoms. The van der Waals surface area contributed by atoms with Crippen LogP contribution in [0.2, 0.25) is 0 Å². The Bertz CT molecular complexity index is 1120. The molecule has 2 aromatic carbocycles. The molecule has 0 spiro atoms. The number of hydrogen-bond donors (Lipinski definition) is 0. The molecule has 1 amide bonds. The molecule has 0 saturated heterocycles. The molecule has 3 aromatic rings. The van der Waals surface area contributed by atoms with E-state index in [9.17, 15) is 9.59 Å². The predicted molar refractivity (Wildman–Crippen MR) is 118 cm³/mol. The maximum absolute atomic E-state index is 12.7. The van der Waals surface area contributed by atoms with Gasteiger partial charge in [-0.2, -0.15) is 5.10 Å². The first kappa shape index (κ1) is 20.8. The van der Waals surface area contributed by atoms with Gasteiger partial charge in [-0.15, -0.1) is 0 Å². The number of esters is 1. The summed E-state index contributed by atoms with van der Waals surface area (Å²) in [5.74, 6) is -0.680. The summed E-state index contributed by atoms with van der Waals surface area (Å²) in [5, 5.41) is 4.51. The summed E-state index contributed by atoms with van der Waals surface area (Å²) in [4.78, 5) is 27.1. The number of carbonyl (C=O) groups is 2. The highest BCUT2D eigenvalue weighted by Gasteiger charge is 2.24. The number of benzene rings is 2. The highest BCUT2D eigenvalue weighted by molar-refractivity contribution is 5.93. The molecule has 0 N–H and O–H groups in total. The lowest BCUT2D eigenvalue weighted by Gasteiger charge is -2.28. The Morgan fingerprint density at radius 3 is 2.45 bits per heavy atom. The van der Waals surface area contributed by atoms with Crippen molar-refractivity contribution in [2.45, 2.75) is 40.3 Å². The van der Waals surface area contributed by atoms with Crippen LogP contribution >= 0.6 is 0 Å². The number of amides is 1. The second kappa shape index (κ2) is 8.76. The van der Waals surface area contributed by atoms with Crippen LogP contribution in [0.5, 0.6) is 0 Å². The van der Waals surface area contributed by atoms with E-state index >= 15 is 0 Å². The van der Waals surface area contributed by atoms with Crippen molar-refractivity contribution in [3.05, 3.63) is 87.7 Å². The van der Waals surface area contributed by atoms with Crippen molar-refractivity contribution < 1.29 is 14.3 Å². The fourth-order valence-electron chi connectivity index (χ4n) is 4.01. The van der Waals surface area contributed by atoms with Gasteiger partial charge in [-0.05, 0) is 43.9 Å². The van der Waals surface area contributed by atoms with Gasteiger partial charge in [0.05, 0.1) is 17.9 Å². The van der Waals surface area contributed by atoms with Crippen LogP contribution in [0, 0.1) is 20.8 Å². The smallest absolute Gasteiger partial charge is 0.342 e. The van der Waals surface area contributed by atoms with Crippen LogP contribution in [0.4, 0.5) is 0 Å². The molecule has 31 heavy (non-hydrogen) atoms. The minimum absolute atomic E-state index is 0.176. The number of hydrogen-bond acceptors (Lipinski definition) is 4. The highest BCUT2D eigenvalue weighted by Crippen LogP contribution is 2.19. The Hall–Kier alpha value is -3.41. The summed E-state index contributed by atoms with van der Waals surface area (Å²) in [7, 11) is 0. The van der Waals surface area contributed by atoms with Gasteiger partial charge < -0.3 is 9.64 Å². The number of ether oxygens (including phenoxy) is 1. The minimum Gasteiger partial charge on any atom is -0.452 e. The van der Waals surface area contributed by atoms with Crippen molar-refractivity contribution in [3.8, 4) is 0 Å². The van der Waals surface area contributed by atoms with Crippen LogP contribution in [0.15, 0.2) is 48.5 Å². The SMILES string of the molecule is Cc1ccc(Cn2nc(C)c(C(=O)OCC(=O)N3CCc4ccccc4C3)c2C)cc1. The van der Waals surface area contributed by atoms with Crippen molar-refractivity contribution in [3.63, 3.8) is 0 Å². The largest absolute Gasteiger partial charge is 0.452 e. The molecule has 1 aromatic heterocycles. The van der Waals surface area contributed by atoms with E-state index in [-0.39, 0.29) is 12.5 Å². The third-order valence-electron chi connectivity index (χ3n) is 5.85. The molecule has 0 unspecified atom stereocenters. The van der Waals surface area contributed by atoms with Crippen LogP contribution in [-0.4, -0.2) is 39.7 Å². The Balaban J connectivity index is 1.39. The first-order chi connectivity index (χ1) is 14.9. The molecule has 1 aliphatic rings. The van der Waals surface area contributed by atoms with E-state index in [1.54, 1.807) is 16.5 Å². The van der Waals surface area contributed by atoms with Crippen LogP contribution in [0.1, 0.15) is 44.0 Å². The van der Waals surface area contributed by atoms with Crippen LogP contribution < -0.4 is 0 Å². The van der Waals surface area contributed by atoms with Gasteiger partial charge in [0.25, 0.3) is 5.91 Å². The van der Waals surface area contributed by atoms with E-state index in [0.717, 1.165) is 23.2 Å². The Labute approximate surface area is 182 Å². The van der Waals surface area contributed by atoms with Crippen LogP contribution in [-0.2, 0) is 29.0 Å². The fraction of sp³-hybridized carbons (Fsp3) is 0.320. The topological polar surface area (TPSA) is 64.4 Å². The summed E-state index contributed by atoms with van der Waals surface area (Å²) in [6.07, 6.45) is 0.819. The first-order valence-corrected chi connectivity index (χ1v) is 10.5. The van der Waals surface area contributed by atoms with Crippen molar-refractivity contribution in [1.82, 2.24) is 14.7 Å². The van der Waals surface area contributed by atoms with Gasteiger partial charge in [-0.3, -0.25) is 9.48 Å². The maximum Gasteiger partial charge on any atom is 0.342 e. The standard InChI is InChI=1S/C25H27N3O3/c1-17-8-10-20(11-9-17)14-28-19(3)24(18(2)26-28)25(30)31-16-23(29)27-13-12-21-6-4-5-7-22(21)15-27/h4-11H,12-16H2,1-3H3. The van der Waals surface area contributed by atoms with E-state index in [1.165, 1.54) is 11.1 Å². The summed E-state index contributed by atoms with van der Waals surface area (Å²) >= 11 is 0. The summed E-state index contributed by atoms with van der Waals surface area (Å²) in [6.45, 7) is 7.20. The molecular weight excluding hydrogens is 390 g/mol. The normalized spacial score (nSPS) is 13.1. The maximum atomic E-state index is 12.7. The molecule has 4 rings (SSSR count). The van der Waals surface area contributed by atoms with E-state index in [1.807, 2.05) is 32.0 Å². The van der Waals surface area contributed by atoms with Gasteiger partial charge in [0.2, 0.25) is 0 Å². The second-order valence-electron chi connectivity index (χ2n) is 8.10. The highest BCUT2D eigenvalue weighted by atomic mass is 16.5. The third kappa shape index (κ3) is 4.53. The Morgan fingerprint density at radius 1 is 1.00 bits per heavy atom. The zero-order chi connectivity index (χ0) is 22.0. The lowest BCUT2D eigenvalue weighted by molar-refractivity contribution is -0.135. The van der Waals surface area contributed by atoms with Crippen molar-refractivity contribution >= 4 is 11.9 Å². The molecule has 6 heteroatoms. The van der Waals surface area contributed by atoms with Crippen LogP contribution in [0.3, 0.4) is 0 Å². The lowest BCUT2D eigenvalue weighted by atomic mass is 10.00. The number of aromatic nitrogens is 2. The van der Waals surface area contributed by atoms with Crippen molar-refractivity contribution in [2.24, 2.45) is 0 Å². The molecule has 0 atom stereocenters. The van der Waals surface area contributed by atoms with Crippen LogP contribution in [0.25, 0.3) is 0 Å². The molecule has 1 aliphatic heterocycles. The molecule has 160 valence electrons. The monoisotopic (exact) mass is 417 g/mol. The average Bonchev–Trinajstić information content (AvgIpc) is 3.05. The van der Waals surface area contributed by atoms with Gasteiger partial charge >= 0.3 is 5.97 Å². The van der Waals surface area contributed by atoms with Gasteiger partial charge in [0.15, 0.2) is 6.61 Å². The molecule has 6 nitrogen and oxygen atoms in total. The van der Waals surface area contributed by atoms with E-state index in [2.05, 4.69) is 35.4 Å².